The molecule has 0 saturated carbocycles. The van der Waals surface area contributed by atoms with E-state index in [0.717, 1.165) is 11.1 Å². The van der Waals surface area contributed by atoms with Crippen LogP contribution in [0.2, 0.25) is 0 Å². The first-order chi connectivity index (χ1) is 13.6. The number of nitrogens with zero attached hydrogens (tertiary/aromatic N) is 5. The maximum atomic E-state index is 12.4. The third-order valence-corrected chi connectivity index (χ3v) is 4.52. The predicted octanol–water partition coefficient (Wildman–Crippen LogP) is 1.66. The van der Waals surface area contributed by atoms with E-state index in [9.17, 15) is 9.59 Å². The van der Waals surface area contributed by atoms with Gasteiger partial charge in [-0.05, 0) is 19.4 Å². The molecule has 28 heavy (non-hydrogen) atoms. The minimum atomic E-state index is -0.643. The molecule has 0 saturated heterocycles. The minimum absolute atomic E-state index is 0.0352. The minimum Gasteiger partial charge on any atom is -0.461 e. The van der Waals surface area contributed by atoms with Gasteiger partial charge in [-0.25, -0.2) is 14.5 Å². The van der Waals surface area contributed by atoms with Gasteiger partial charge in [0, 0.05) is 0 Å². The van der Waals surface area contributed by atoms with Crippen molar-refractivity contribution in [3.05, 3.63) is 47.4 Å². The van der Waals surface area contributed by atoms with E-state index in [1.54, 1.807) is 6.92 Å². The number of anilines is 1. The largest absolute Gasteiger partial charge is 0.461 e. The van der Waals surface area contributed by atoms with Gasteiger partial charge in [0.1, 0.15) is 6.33 Å². The molecule has 0 fully saturated rings. The molecule has 10 nitrogen and oxygen atoms in total. The number of aryl methyl sites for hydroxylation is 1. The van der Waals surface area contributed by atoms with Crippen LogP contribution in [-0.2, 0) is 16.1 Å². The van der Waals surface area contributed by atoms with Gasteiger partial charge in [0.25, 0.3) is 0 Å². The molecule has 2 heterocycles. The van der Waals surface area contributed by atoms with E-state index >= 15 is 0 Å². The van der Waals surface area contributed by atoms with Crippen LogP contribution < -0.4 is 5.32 Å². The first-order valence-electron chi connectivity index (χ1n) is 8.51. The fourth-order valence-electron chi connectivity index (χ4n) is 2.32. The van der Waals surface area contributed by atoms with Crippen molar-refractivity contribution in [1.82, 2.24) is 30.2 Å². The molecular weight excluding hydrogens is 382 g/mol. The lowest BCUT2D eigenvalue weighted by Crippen LogP contribution is -2.20. The number of esters is 1. The number of amides is 1. The van der Waals surface area contributed by atoms with Crippen molar-refractivity contribution in [3.63, 3.8) is 0 Å². The van der Waals surface area contributed by atoms with Gasteiger partial charge >= 0.3 is 5.97 Å². The zero-order valence-corrected chi connectivity index (χ0v) is 16.2. The monoisotopic (exact) mass is 401 g/mol. The Morgan fingerprint density at radius 1 is 1.29 bits per heavy atom. The SMILES string of the molecule is CCOC(=O)c1nnn(Cc2ccc(C)cc2)c1NC(=O)CSc1ncn[nH]1. The van der Waals surface area contributed by atoms with Crippen molar-refractivity contribution in [1.29, 1.82) is 0 Å². The smallest absolute Gasteiger partial charge is 0.362 e. The van der Waals surface area contributed by atoms with E-state index in [0.29, 0.717) is 11.7 Å². The van der Waals surface area contributed by atoms with E-state index in [1.165, 1.54) is 22.8 Å². The van der Waals surface area contributed by atoms with E-state index in [-0.39, 0.29) is 29.8 Å². The van der Waals surface area contributed by atoms with E-state index in [4.69, 9.17) is 4.74 Å². The average Bonchev–Trinajstić information content (AvgIpc) is 3.33. The highest BCUT2D eigenvalue weighted by atomic mass is 32.2. The van der Waals surface area contributed by atoms with Crippen LogP contribution in [0.15, 0.2) is 35.7 Å². The number of hydrogen-bond acceptors (Lipinski definition) is 8. The van der Waals surface area contributed by atoms with Crippen molar-refractivity contribution >= 4 is 29.5 Å². The van der Waals surface area contributed by atoms with Gasteiger partial charge in [-0.15, -0.1) is 5.10 Å². The Morgan fingerprint density at radius 2 is 2.07 bits per heavy atom. The molecule has 0 unspecified atom stereocenters. The standard InChI is InChI=1S/C17H19N7O3S/c1-3-27-16(26)14-15(20-13(25)9-28-17-18-10-19-22-17)24(23-21-14)8-12-6-4-11(2)5-7-12/h4-7,10H,3,8-9H2,1-2H3,(H,20,25)(H,18,19,22). The summed E-state index contributed by atoms with van der Waals surface area (Å²) in [7, 11) is 0. The molecule has 11 heteroatoms. The summed E-state index contributed by atoms with van der Waals surface area (Å²) in [6.45, 7) is 4.23. The summed E-state index contributed by atoms with van der Waals surface area (Å²) in [5.41, 5.74) is 2.05. The Kier molecular flexibility index (Phi) is 6.37. The fourth-order valence-corrected chi connectivity index (χ4v) is 2.90. The molecule has 0 aliphatic carbocycles. The van der Waals surface area contributed by atoms with Crippen LogP contribution in [0.4, 0.5) is 5.82 Å². The topological polar surface area (TPSA) is 128 Å². The second kappa shape index (κ2) is 9.13. The van der Waals surface area contributed by atoms with Crippen LogP contribution in [-0.4, -0.2) is 54.4 Å². The molecule has 2 N–H and O–H groups in total. The number of rotatable bonds is 8. The Bertz CT molecular complexity index is 938. The Labute approximate surface area is 165 Å². The summed E-state index contributed by atoms with van der Waals surface area (Å²) in [5.74, 6) is -0.704. The second-order valence-electron chi connectivity index (χ2n) is 5.78. The van der Waals surface area contributed by atoms with Crippen LogP contribution in [0.5, 0.6) is 0 Å². The van der Waals surface area contributed by atoms with E-state index in [2.05, 4.69) is 30.8 Å². The number of benzene rings is 1. The predicted molar refractivity (Wildman–Crippen MR) is 102 cm³/mol. The molecule has 0 aliphatic heterocycles. The molecule has 0 bridgehead atoms. The van der Waals surface area contributed by atoms with E-state index in [1.807, 2.05) is 31.2 Å². The number of carbonyl (C=O) groups excluding carboxylic acids is 2. The van der Waals surface area contributed by atoms with E-state index < -0.39 is 5.97 Å². The lowest BCUT2D eigenvalue weighted by Gasteiger charge is -2.09. The maximum absolute atomic E-state index is 12.4. The molecule has 3 aromatic rings. The second-order valence-corrected chi connectivity index (χ2v) is 6.74. The van der Waals surface area contributed by atoms with Crippen molar-refractivity contribution in [2.24, 2.45) is 0 Å². The summed E-state index contributed by atoms with van der Waals surface area (Å²) < 4.78 is 6.48. The highest BCUT2D eigenvalue weighted by molar-refractivity contribution is 7.99. The first-order valence-corrected chi connectivity index (χ1v) is 9.49. The molecule has 1 aromatic carbocycles. The van der Waals surface area contributed by atoms with Crippen LogP contribution >= 0.6 is 11.8 Å². The molecule has 3 rings (SSSR count). The third-order valence-electron chi connectivity index (χ3n) is 3.65. The maximum Gasteiger partial charge on any atom is 0.362 e. The normalized spacial score (nSPS) is 10.6. The molecule has 0 spiro atoms. The number of H-pyrrole nitrogens is 1. The Balaban J connectivity index is 1.78. The van der Waals surface area contributed by atoms with Crippen molar-refractivity contribution in [3.8, 4) is 0 Å². The highest BCUT2D eigenvalue weighted by Crippen LogP contribution is 2.18. The number of carbonyl (C=O) groups is 2. The van der Waals surface area contributed by atoms with Gasteiger partial charge in [-0.2, -0.15) is 5.10 Å². The molecule has 0 radical (unpaired) electrons. The summed E-state index contributed by atoms with van der Waals surface area (Å²) in [6, 6.07) is 7.86. The summed E-state index contributed by atoms with van der Waals surface area (Å²) in [5, 5.41) is 17.5. The van der Waals surface area contributed by atoms with Crippen LogP contribution in [0.25, 0.3) is 0 Å². The zero-order valence-electron chi connectivity index (χ0n) is 15.4. The molecule has 2 aromatic heterocycles. The molecule has 1 amide bonds. The summed E-state index contributed by atoms with van der Waals surface area (Å²) in [6.07, 6.45) is 1.36. The number of hydrogen-bond donors (Lipinski definition) is 2. The quantitative estimate of drug-likeness (QED) is 0.431. The van der Waals surface area contributed by atoms with Crippen molar-refractivity contribution < 1.29 is 14.3 Å². The van der Waals surface area contributed by atoms with Gasteiger partial charge in [-0.3, -0.25) is 9.89 Å². The highest BCUT2D eigenvalue weighted by Gasteiger charge is 2.23. The average molecular weight is 401 g/mol. The number of ether oxygens (including phenoxy) is 1. The molecular formula is C17H19N7O3S. The molecule has 146 valence electrons. The van der Waals surface area contributed by atoms with Crippen LogP contribution in [0.1, 0.15) is 28.5 Å². The van der Waals surface area contributed by atoms with Gasteiger partial charge in [0.05, 0.1) is 18.9 Å². The van der Waals surface area contributed by atoms with Crippen LogP contribution in [0, 0.1) is 6.92 Å². The Morgan fingerprint density at radius 3 is 2.75 bits per heavy atom. The number of nitrogens with one attached hydrogen (secondary N) is 2. The molecule has 0 aliphatic rings. The van der Waals surface area contributed by atoms with Gasteiger partial charge in [0.15, 0.2) is 11.0 Å². The van der Waals surface area contributed by atoms with Gasteiger partial charge in [-0.1, -0.05) is 46.8 Å². The zero-order chi connectivity index (χ0) is 19.9. The lowest BCUT2D eigenvalue weighted by molar-refractivity contribution is -0.113. The van der Waals surface area contributed by atoms with Crippen molar-refractivity contribution in [2.75, 3.05) is 17.7 Å². The van der Waals surface area contributed by atoms with Crippen molar-refractivity contribution in [2.45, 2.75) is 25.5 Å². The lowest BCUT2D eigenvalue weighted by atomic mass is 10.1. The Hall–Kier alpha value is -3.21. The third kappa shape index (κ3) is 4.94. The number of aromatic nitrogens is 6. The van der Waals surface area contributed by atoms with Gasteiger partial charge in [0.2, 0.25) is 11.6 Å². The van der Waals surface area contributed by atoms with Gasteiger partial charge < -0.3 is 10.1 Å². The number of aromatic amines is 1. The molecule has 0 atom stereocenters. The summed E-state index contributed by atoms with van der Waals surface area (Å²) in [4.78, 5) is 28.5. The van der Waals surface area contributed by atoms with Crippen LogP contribution in [0.3, 0.4) is 0 Å². The number of thioether (sulfide) groups is 1. The summed E-state index contributed by atoms with van der Waals surface area (Å²) >= 11 is 1.19. The first kappa shape index (κ1) is 19.5. The fraction of sp³-hybridized carbons (Fsp3) is 0.294.